The van der Waals surface area contributed by atoms with Crippen LogP contribution in [0.2, 0.25) is 0 Å². The summed E-state index contributed by atoms with van der Waals surface area (Å²) in [6, 6.07) is 0.287. The van der Waals surface area contributed by atoms with Gasteiger partial charge >= 0.3 is 0 Å². The van der Waals surface area contributed by atoms with Gasteiger partial charge < -0.3 is 10.6 Å². The predicted octanol–water partition coefficient (Wildman–Crippen LogP) is 0.0303. The van der Waals surface area contributed by atoms with Crippen molar-refractivity contribution in [1.82, 2.24) is 9.80 Å². The first-order valence-corrected chi connectivity index (χ1v) is 5.97. The van der Waals surface area contributed by atoms with E-state index < -0.39 is 0 Å². The van der Waals surface area contributed by atoms with E-state index in [4.69, 9.17) is 5.73 Å². The van der Waals surface area contributed by atoms with Gasteiger partial charge in [0, 0.05) is 32.2 Å². The van der Waals surface area contributed by atoms with Gasteiger partial charge in [0.05, 0.1) is 6.04 Å². The van der Waals surface area contributed by atoms with Gasteiger partial charge in [-0.3, -0.25) is 9.69 Å². The highest BCUT2D eigenvalue weighted by Crippen LogP contribution is 2.15. The average Bonchev–Trinajstić information content (AvgIpc) is 2.85. The van der Waals surface area contributed by atoms with Crippen LogP contribution in [0.25, 0.3) is 0 Å². The summed E-state index contributed by atoms with van der Waals surface area (Å²) in [7, 11) is 0. The van der Waals surface area contributed by atoms with Crippen molar-refractivity contribution in [2.24, 2.45) is 5.73 Å². The molecule has 0 aromatic rings. The number of amides is 1. The van der Waals surface area contributed by atoms with Crippen molar-refractivity contribution in [3.05, 3.63) is 0 Å². The number of likely N-dealkylation sites (tertiary alicyclic amines) is 2. The van der Waals surface area contributed by atoms with E-state index in [1.54, 1.807) is 0 Å². The van der Waals surface area contributed by atoms with Crippen LogP contribution in [-0.2, 0) is 4.79 Å². The van der Waals surface area contributed by atoms with E-state index in [2.05, 4.69) is 4.90 Å². The second kappa shape index (κ2) is 4.49. The summed E-state index contributed by atoms with van der Waals surface area (Å²) in [4.78, 5) is 16.3. The molecule has 2 aliphatic rings. The number of nitrogens with zero attached hydrogens (tertiary/aromatic N) is 2. The topological polar surface area (TPSA) is 49.6 Å². The van der Waals surface area contributed by atoms with E-state index in [-0.39, 0.29) is 12.1 Å². The van der Waals surface area contributed by atoms with E-state index in [1.807, 2.05) is 11.8 Å². The summed E-state index contributed by atoms with van der Waals surface area (Å²) in [5, 5.41) is 0. The summed E-state index contributed by atoms with van der Waals surface area (Å²) in [6.07, 6.45) is 3.35. The lowest BCUT2D eigenvalue weighted by Gasteiger charge is -2.27. The van der Waals surface area contributed by atoms with Crippen molar-refractivity contribution in [2.75, 3.05) is 26.2 Å². The zero-order chi connectivity index (χ0) is 10.8. The van der Waals surface area contributed by atoms with Crippen molar-refractivity contribution >= 4 is 5.91 Å². The molecule has 0 radical (unpaired) electrons. The maximum Gasteiger partial charge on any atom is 0.239 e. The van der Waals surface area contributed by atoms with Gasteiger partial charge in [0.2, 0.25) is 5.91 Å². The van der Waals surface area contributed by atoms with Gasteiger partial charge in [-0.2, -0.15) is 0 Å². The fourth-order valence-electron chi connectivity index (χ4n) is 2.53. The van der Waals surface area contributed by atoms with Crippen molar-refractivity contribution in [3.63, 3.8) is 0 Å². The van der Waals surface area contributed by atoms with Crippen LogP contribution in [0.4, 0.5) is 0 Å². The number of carbonyl (C=O) groups excluding carboxylic acids is 1. The molecule has 0 bridgehead atoms. The van der Waals surface area contributed by atoms with Crippen LogP contribution in [-0.4, -0.2) is 54.0 Å². The Hall–Kier alpha value is -0.610. The summed E-state index contributed by atoms with van der Waals surface area (Å²) in [5.41, 5.74) is 5.85. The number of hydrogen-bond acceptors (Lipinski definition) is 3. The highest BCUT2D eigenvalue weighted by Gasteiger charge is 2.31. The lowest BCUT2D eigenvalue weighted by molar-refractivity contribution is -0.134. The minimum absolute atomic E-state index is 0.0247. The maximum absolute atomic E-state index is 12.1. The normalized spacial score (nSPS) is 29.7. The minimum Gasteiger partial charge on any atom is -0.341 e. The Morgan fingerprint density at radius 1 is 1.33 bits per heavy atom. The summed E-state index contributed by atoms with van der Waals surface area (Å²) in [6.45, 7) is 5.76. The Kier molecular flexibility index (Phi) is 3.26. The first-order valence-electron chi connectivity index (χ1n) is 5.97. The molecule has 4 heteroatoms. The molecule has 0 aromatic heterocycles. The lowest BCUT2D eigenvalue weighted by atomic mass is 10.2. The number of hydrogen-bond donors (Lipinski definition) is 1. The zero-order valence-corrected chi connectivity index (χ0v) is 9.48. The number of nitrogens with two attached hydrogens (primary N) is 1. The first kappa shape index (κ1) is 10.9. The molecule has 2 saturated heterocycles. The van der Waals surface area contributed by atoms with Crippen LogP contribution >= 0.6 is 0 Å². The molecule has 2 fully saturated rings. The van der Waals surface area contributed by atoms with Crippen molar-refractivity contribution < 1.29 is 4.79 Å². The van der Waals surface area contributed by atoms with Gasteiger partial charge in [-0.05, 0) is 26.2 Å². The van der Waals surface area contributed by atoms with Crippen LogP contribution in [0.15, 0.2) is 0 Å². The third kappa shape index (κ3) is 2.32. The molecule has 2 heterocycles. The smallest absolute Gasteiger partial charge is 0.239 e. The summed E-state index contributed by atoms with van der Waals surface area (Å²) < 4.78 is 0. The Balaban J connectivity index is 1.89. The Bertz CT molecular complexity index is 238. The molecular formula is C11H21N3O. The maximum atomic E-state index is 12.1. The summed E-state index contributed by atoms with van der Waals surface area (Å²) >= 11 is 0. The molecule has 1 unspecified atom stereocenters. The lowest BCUT2D eigenvalue weighted by Crippen LogP contribution is -2.46. The Labute approximate surface area is 91.4 Å². The number of rotatable bonds is 2. The molecule has 1 amide bonds. The highest BCUT2D eigenvalue weighted by molar-refractivity contribution is 5.81. The molecule has 2 aliphatic heterocycles. The molecular weight excluding hydrogens is 190 g/mol. The van der Waals surface area contributed by atoms with Crippen LogP contribution in [0.3, 0.4) is 0 Å². The molecule has 0 aliphatic carbocycles. The Morgan fingerprint density at radius 3 is 2.53 bits per heavy atom. The third-order valence-electron chi connectivity index (χ3n) is 3.58. The van der Waals surface area contributed by atoms with E-state index in [0.717, 1.165) is 45.4 Å². The molecule has 0 saturated carbocycles. The molecule has 2 rings (SSSR count). The van der Waals surface area contributed by atoms with Gasteiger partial charge in [-0.1, -0.05) is 0 Å². The second-order valence-electron chi connectivity index (χ2n) is 4.75. The first-order chi connectivity index (χ1) is 7.18. The van der Waals surface area contributed by atoms with E-state index in [1.165, 1.54) is 0 Å². The molecule has 15 heavy (non-hydrogen) atoms. The van der Waals surface area contributed by atoms with Crippen molar-refractivity contribution in [1.29, 1.82) is 0 Å². The summed E-state index contributed by atoms with van der Waals surface area (Å²) in [5.74, 6) is 0.293. The number of carbonyl (C=O) groups is 1. The largest absolute Gasteiger partial charge is 0.341 e. The van der Waals surface area contributed by atoms with Crippen LogP contribution in [0, 0.1) is 0 Å². The second-order valence-corrected chi connectivity index (χ2v) is 4.75. The van der Waals surface area contributed by atoms with E-state index in [9.17, 15) is 4.79 Å². The van der Waals surface area contributed by atoms with Gasteiger partial charge in [0.25, 0.3) is 0 Å². The zero-order valence-electron chi connectivity index (χ0n) is 9.48. The van der Waals surface area contributed by atoms with E-state index in [0.29, 0.717) is 5.91 Å². The van der Waals surface area contributed by atoms with Gasteiger partial charge in [-0.25, -0.2) is 0 Å². The van der Waals surface area contributed by atoms with Gasteiger partial charge in [0.15, 0.2) is 0 Å². The van der Waals surface area contributed by atoms with Gasteiger partial charge in [0.1, 0.15) is 0 Å². The van der Waals surface area contributed by atoms with Crippen molar-refractivity contribution in [2.45, 2.75) is 38.3 Å². The third-order valence-corrected chi connectivity index (χ3v) is 3.58. The molecule has 2 N–H and O–H groups in total. The standard InChI is InChI=1S/C11H21N3O/c1-9(14-7-4-10(12)8-14)11(15)13-5-2-3-6-13/h9-10H,2-8,12H2,1H3/t9?,10-/m0/s1. The SMILES string of the molecule is CC(C(=O)N1CCCC1)N1CC[C@H](N)C1. The van der Waals surface area contributed by atoms with Crippen LogP contribution in [0.5, 0.6) is 0 Å². The monoisotopic (exact) mass is 211 g/mol. The predicted molar refractivity (Wildman–Crippen MR) is 59.4 cm³/mol. The van der Waals surface area contributed by atoms with Crippen LogP contribution in [0.1, 0.15) is 26.2 Å². The fourth-order valence-corrected chi connectivity index (χ4v) is 2.53. The minimum atomic E-state index is 0.0247. The molecule has 0 spiro atoms. The highest BCUT2D eigenvalue weighted by atomic mass is 16.2. The Morgan fingerprint density at radius 2 is 2.00 bits per heavy atom. The van der Waals surface area contributed by atoms with E-state index >= 15 is 0 Å². The average molecular weight is 211 g/mol. The molecule has 86 valence electrons. The van der Waals surface area contributed by atoms with Crippen molar-refractivity contribution in [3.8, 4) is 0 Å². The quantitative estimate of drug-likeness (QED) is 0.701. The molecule has 0 aromatic carbocycles. The van der Waals surface area contributed by atoms with Gasteiger partial charge in [-0.15, -0.1) is 0 Å². The van der Waals surface area contributed by atoms with Crippen LogP contribution < -0.4 is 5.73 Å². The molecule has 2 atom stereocenters. The fraction of sp³-hybridized carbons (Fsp3) is 0.909. The molecule has 4 nitrogen and oxygen atoms in total.